The van der Waals surface area contributed by atoms with Gasteiger partial charge in [0.1, 0.15) is 0 Å². The Morgan fingerprint density at radius 1 is 1.19 bits per heavy atom. The van der Waals surface area contributed by atoms with E-state index in [1.165, 1.54) is 60.8 Å². The number of benzene rings is 1. The molecule has 3 rings (SSSR count). The summed E-state index contributed by atoms with van der Waals surface area (Å²) < 4.78 is 1.27. The van der Waals surface area contributed by atoms with E-state index in [2.05, 4.69) is 51.3 Å². The number of fused-ring (bicyclic) bond motifs is 1. The molecule has 0 spiro atoms. The van der Waals surface area contributed by atoms with Crippen molar-refractivity contribution in [3.05, 3.63) is 28.2 Å². The van der Waals surface area contributed by atoms with E-state index in [0.717, 1.165) is 25.0 Å². The van der Waals surface area contributed by atoms with Crippen molar-refractivity contribution in [2.75, 3.05) is 18.0 Å². The first kappa shape index (κ1) is 15.4. The van der Waals surface area contributed by atoms with Crippen LogP contribution in [0, 0.1) is 5.92 Å². The van der Waals surface area contributed by atoms with Crippen LogP contribution < -0.4 is 10.2 Å². The predicted molar refractivity (Wildman–Crippen MR) is 93.8 cm³/mol. The third kappa shape index (κ3) is 3.45. The second kappa shape index (κ2) is 7.15. The van der Waals surface area contributed by atoms with Crippen LogP contribution in [0.3, 0.4) is 0 Å². The average molecular weight is 351 g/mol. The number of halogens is 1. The molecule has 0 unspecified atom stereocenters. The first-order valence-electron chi connectivity index (χ1n) is 8.55. The Bertz CT molecular complexity index is 472. The van der Waals surface area contributed by atoms with Gasteiger partial charge in [0.25, 0.3) is 0 Å². The van der Waals surface area contributed by atoms with Gasteiger partial charge in [-0.2, -0.15) is 0 Å². The van der Waals surface area contributed by atoms with Crippen molar-refractivity contribution in [3.63, 3.8) is 0 Å². The Hall–Kier alpha value is -0.540. The molecule has 0 radical (unpaired) electrons. The summed E-state index contributed by atoms with van der Waals surface area (Å²) in [4.78, 5) is 2.69. The van der Waals surface area contributed by atoms with E-state index < -0.39 is 0 Å². The van der Waals surface area contributed by atoms with Gasteiger partial charge >= 0.3 is 0 Å². The summed E-state index contributed by atoms with van der Waals surface area (Å²) in [7, 11) is 0. The van der Waals surface area contributed by atoms with Gasteiger partial charge in [0, 0.05) is 23.6 Å². The van der Waals surface area contributed by atoms with Gasteiger partial charge in [-0.1, -0.05) is 25.8 Å². The molecule has 1 aliphatic heterocycles. The van der Waals surface area contributed by atoms with Crippen LogP contribution in [0.2, 0.25) is 0 Å². The minimum atomic E-state index is 0.781. The molecule has 0 amide bonds. The highest BCUT2D eigenvalue weighted by molar-refractivity contribution is 9.10. The maximum atomic E-state index is 3.82. The molecular formula is C18H27BrN2. The largest absolute Gasteiger partial charge is 0.367 e. The van der Waals surface area contributed by atoms with Gasteiger partial charge in [0.05, 0.1) is 5.69 Å². The molecule has 0 bridgehead atoms. The number of nitrogens with zero attached hydrogens (tertiary/aromatic N) is 1. The summed E-state index contributed by atoms with van der Waals surface area (Å²) in [6.07, 6.45) is 8.48. The number of hydrogen-bond donors (Lipinski definition) is 1. The fourth-order valence-corrected chi connectivity index (χ4v) is 4.74. The van der Waals surface area contributed by atoms with E-state index in [4.69, 9.17) is 0 Å². The lowest BCUT2D eigenvalue weighted by molar-refractivity contribution is 0.243. The summed E-state index contributed by atoms with van der Waals surface area (Å²) in [5.74, 6) is 0.931. The van der Waals surface area contributed by atoms with E-state index in [9.17, 15) is 0 Å². The normalized spacial score (nSPS) is 25.7. The third-order valence-electron chi connectivity index (χ3n) is 5.14. The van der Waals surface area contributed by atoms with Crippen LogP contribution in [0.4, 0.5) is 5.69 Å². The fraction of sp³-hybridized carbons (Fsp3) is 0.667. The van der Waals surface area contributed by atoms with Crippen molar-refractivity contribution in [1.29, 1.82) is 0 Å². The second-order valence-electron chi connectivity index (χ2n) is 6.51. The maximum absolute atomic E-state index is 3.82. The smallest absolute Gasteiger partial charge is 0.0513 e. The summed E-state index contributed by atoms with van der Waals surface area (Å²) in [6, 6.07) is 7.69. The molecule has 2 fully saturated rings. The van der Waals surface area contributed by atoms with Crippen molar-refractivity contribution >= 4 is 21.6 Å². The van der Waals surface area contributed by atoms with Gasteiger partial charge in [0.15, 0.2) is 0 Å². The molecule has 116 valence electrons. The SMILES string of the molecule is CCNCc1ccc(N2CCC[C@H]3CCCC[C@H]32)c(Br)c1. The van der Waals surface area contributed by atoms with E-state index in [0.29, 0.717) is 0 Å². The van der Waals surface area contributed by atoms with Gasteiger partial charge in [-0.05, 0) is 71.8 Å². The molecular weight excluding hydrogens is 324 g/mol. The predicted octanol–water partition coefficient (Wildman–Crippen LogP) is 4.72. The van der Waals surface area contributed by atoms with Crippen LogP contribution in [-0.2, 0) is 6.54 Å². The molecule has 1 heterocycles. The lowest BCUT2D eigenvalue weighted by Gasteiger charge is -2.45. The quantitative estimate of drug-likeness (QED) is 0.845. The van der Waals surface area contributed by atoms with Crippen LogP contribution in [-0.4, -0.2) is 19.1 Å². The number of anilines is 1. The van der Waals surface area contributed by atoms with E-state index in [1.807, 2.05) is 0 Å². The molecule has 1 aliphatic carbocycles. The maximum Gasteiger partial charge on any atom is 0.0513 e. The zero-order valence-corrected chi connectivity index (χ0v) is 14.7. The summed E-state index contributed by atoms with van der Waals surface area (Å²) in [6.45, 7) is 5.36. The molecule has 2 nitrogen and oxygen atoms in total. The van der Waals surface area contributed by atoms with E-state index >= 15 is 0 Å². The number of hydrogen-bond acceptors (Lipinski definition) is 2. The zero-order valence-electron chi connectivity index (χ0n) is 13.1. The van der Waals surface area contributed by atoms with Crippen LogP contribution in [0.5, 0.6) is 0 Å². The standard InChI is InChI=1S/C18H27BrN2/c1-2-20-13-14-9-10-18(16(19)12-14)21-11-5-7-15-6-3-4-8-17(15)21/h9-10,12,15,17,20H,2-8,11,13H2,1H3/t15-,17-/m1/s1. The lowest BCUT2D eigenvalue weighted by atomic mass is 9.78. The summed E-state index contributed by atoms with van der Waals surface area (Å²) >= 11 is 3.82. The number of rotatable bonds is 4. The molecule has 1 aromatic rings. The minimum Gasteiger partial charge on any atom is -0.367 e. The fourth-order valence-electron chi connectivity index (χ4n) is 4.09. The molecule has 2 atom stereocenters. The van der Waals surface area contributed by atoms with Crippen molar-refractivity contribution in [2.24, 2.45) is 5.92 Å². The van der Waals surface area contributed by atoms with Crippen LogP contribution in [0.1, 0.15) is 51.0 Å². The Labute approximate surface area is 137 Å². The number of nitrogens with one attached hydrogen (secondary N) is 1. The first-order valence-corrected chi connectivity index (χ1v) is 9.34. The monoisotopic (exact) mass is 350 g/mol. The van der Waals surface area contributed by atoms with Crippen LogP contribution in [0.15, 0.2) is 22.7 Å². The Balaban J connectivity index is 1.78. The van der Waals surface area contributed by atoms with Gasteiger partial charge in [-0.15, -0.1) is 0 Å². The molecule has 21 heavy (non-hydrogen) atoms. The second-order valence-corrected chi connectivity index (χ2v) is 7.37. The van der Waals surface area contributed by atoms with Crippen molar-refractivity contribution in [1.82, 2.24) is 5.32 Å². The van der Waals surface area contributed by atoms with Gasteiger partial charge in [0.2, 0.25) is 0 Å². The molecule has 3 heteroatoms. The average Bonchev–Trinajstić information content (AvgIpc) is 2.53. The molecule has 1 saturated heterocycles. The van der Waals surface area contributed by atoms with Crippen LogP contribution in [0.25, 0.3) is 0 Å². The number of piperidine rings is 1. The summed E-state index contributed by atoms with van der Waals surface area (Å²) in [5, 5.41) is 3.40. The molecule has 1 saturated carbocycles. The van der Waals surface area contributed by atoms with E-state index in [-0.39, 0.29) is 0 Å². The zero-order chi connectivity index (χ0) is 14.7. The minimum absolute atomic E-state index is 0.781. The van der Waals surface area contributed by atoms with Crippen LogP contribution >= 0.6 is 15.9 Å². The van der Waals surface area contributed by atoms with Gasteiger partial charge in [-0.3, -0.25) is 0 Å². The molecule has 1 N–H and O–H groups in total. The highest BCUT2D eigenvalue weighted by Crippen LogP contribution is 2.40. The van der Waals surface area contributed by atoms with Crippen molar-refractivity contribution in [3.8, 4) is 0 Å². The molecule has 0 aromatic heterocycles. The van der Waals surface area contributed by atoms with Crippen molar-refractivity contribution in [2.45, 2.75) is 58.0 Å². The lowest BCUT2D eigenvalue weighted by Crippen LogP contribution is -2.47. The Morgan fingerprint density at radius 3 is 2.81 bits per heavy atom. The highest BCUT2D eigenvalue weighted by atomic mass is 79.9. The Kier molecular flexibility index (Phi) is 5.23. The van der Waals surface area contributed by atoms with E-state index in [1.54, 1.807) is 0 Å². The van der Waals surface area contributed by atoms with Crippen molar-refractivity contribution < 1.29 is 0 Å². The highest BCUT2D eigenvalue weighted by Gasteiger charge is 2.33. The van der Waals surface area contributed by atoms with Gasteiger partial charge in [-0.25, -0.2) is 0 Å². The molecule has 1 aromatic carbocycles. The first-order chi connectivity index (χ1) is 10.3. The third-order valence-corrected chi connectivity index (χ3v) is 5.78. The molecule has 2 aliphatic rings. The summed E-state index contributed by atoms with van der Waals surface area (Å²) in [5.41, 5.74) is 2.77. The topological polar surface area (TPSA) is 15.3 Å². The van der Waals surface area contributed by atoms with Gasteiger partial charge < -0.3 is 10.2 Å². The Morgan fingerprint density at radius 2 is 2.00 bits per heavy atom.